The van der Waals surface area contributed by atoms with Gasteiger partial charge in [0.2, 0.25) is 5.91 Å². The number of nitrogens with two attached hydrogens (primary N) is 1. The van der Waals surface area contributed by atoms with Crippen molar-refractivity contribution >= 4 is 18.3 Å². The van der Waals surface area contributed by atoms with Gasteiger partial charge in [0, 0.05) is 17.5 Å². The lowest BCUT2D eigenvalue weighted by Crippen LogP contribution is -2.49. The van der Waals surface area contributed by atoms with E-state index in [-0.39, 0.29) is 35.8 Å². The summed E-state index contributed by atoms with van der Waals surface area (Å²) in [7, 11) is 0. The molecule has 2 aliphatic rings. The van der Waals surface area contributed by atoms with Crippen molar-refractivity contribution in [1.82, 2.24) is 5.32 Å². The number of benzene rings is 1. The first-order valence-corrected chi connectivity index (χ1v) is 8.47. The van der Waals surface area contributed by atoms with Crippen molar-refractivity contribution in [3.63, 3.8) is 0 Å². The first-order chi connectivity index (χ1) is 11.0. The molecule has 3 atom stereocenters. The van der Waals surface area contributed by atoms with Crippen molar-refractivity contribution in [3.8, 4) is 0 Å². The van der Waals surface area contributed by atoms with Gasteiger partial charge in [0.15, 0.2) is 0 Å². The molecule has 24 heavy (non-hydrogen) atoms. The van der Waals surface area contributed by atoms with Crippen LogP contribution in [0.4, 0.5) is 8.78 Å². The highest BCUT2D eigenvalue weighted by Crippen LogP contribution is 2.42. The lowest BCUT2D eigenvalue weighted by Gasteiger charge is -2.43. The van der Waals surface area contributed by atoms with Crippen molar-refractivity contribution in [1.29, 1.82) is 0 Å². The molecule has 2 bridgehead atoms. The highest BCUT2D eigenvalue weighted by atomic mass is 35.5. The second-order valence-corrected chi connectivity index (χ2v) is 7.06. The Kier molecular flexibility index (Phi) is 6.21. The molecule has 3 N–H and O–H groups in total. The first-order valence-electron chi connectivity index (χ1n) is 8.47. The molecule has 1 amide bonds. The molecule has 0 aliphatic heterocycles. The van der Waals surface area contributed by atoms with Crippen LogP contribution >= 0.6 is 12.4 Å². The molecule has 0 heterocycles. The second-order valence-electron chi connectivity index (χ2n) is 7.06. The number of carbonyl (C=O) groups is 1. The Balaban J connectivity index is 0.00000208. The fourth-order valence-corrected chi connectivity index (χ4v) is 4.33. The SMILES string of the molecule is CC(NC(=O)C1CC2CCCC(C1)C2N)c1c(F)cccc1F.Cl. The zero-order valence-electron chi connectivity index (χ0n) is 13.8. The number of amides is 1. The number of nitrogens with one attached hydrogen (secondary N) is 1. The molecule has 3 unspecified atom stereocenters. The molecule has 2 aliphatic carbocycles. The van der Waals surface area contributed by atoms with Crippen molar-refractivity contribution in [2.24, 2.45) is 23.5 Å². The number of hydrogen-bond acceptors (Lipinski definition) is 2. The summed E-state index contributed by atoms with van der Waals surface area (Å²) in [5.74, 6) is -0.649. The van der Waals surface area contributed by atoms with Crippen LogP contribution in [0.15, 0.2) is 18.2 Å². The number of rotatable bonds is 3. The monoisotopic (exact) mass is 358 g/mol. The van der Waals surface area contributed by atoms with Gasteiger partial charge >= 0.3 is 0 Å². The summed E-state index contributed by atoms with van der Waals surface area (Å²) in [6, 6.07) is 3.27. The summed E-state index contributed by atoms with van der Waals surface area (Å²) in [4.78, 5) is 12.5. The zero-order chi connectivity index (χ0) is 16.6. The minimum Gasteiger partial charge on any atom is -0.349 e. The average molecular weight is 359 g/mol. The maximum Gasteiger partial charge on any atom is 0.223 e. The Morgan fingerprint density at radius 1 is 1.21 bits per heavy atom. The average Bonchev–Trinajstić information content (AvgIpc) is 2.46. The normalized spacial score (nSPS) is 30.2. The highest BCUT2D eigenvalue weighted by Gasteiger charge is 2.40. The Morgan fingerprint density at radius 2 is 1.75 bits per heavy atom. The van der Waals surface area contributed by atoms with Crippen LogP contribution in [0.5, 0.6) is 0 Å². The Labute approximate surface area is 147 Å². The van der Waals surface area contributed by atoms with Gasteiger partial charge < -0.3 is 11.1 Å². The standard InChI is InChI=1S/C18H24F2N2O.ClH/c1-10(16-14(19)6-3-7-15(16)20)22-18(23)13-8-11-4-2-5-12(9-13)17(11)21;/h3,6-7,10-13,17H,2,4-5,8-9,21H2,1H3,(H,22,23);1H. The predicted molar refractivity (Wildman–Crippen MR) is 91.7 cm³/mol. The van der Waals surface area contributed by atoms with Crippen molar-refractivity contribution in [2.45, 2.75) is 51.1 Å². The molecule has 0 saturated heterocycles. The van der Waals surface area contributed by atoms with E-state index in [1.807, 2.05) is 0 Å². The highest BCUT2D eigenvalue weighted by molar-refractivity contribution is 5.85. The van der Waals surface area contributed by atoms with Gasteiger partial charge in [-0.3, -0.25) is 4.79 Å². The molecule has 0 spiro atoms. The molecular weight excluding hydrogens is 334 g/mol. The minimum atomic E-state index is -0.681. The third-order valence-electron chi connectivity index (χ3n) is 5.58. The quantitative estimate of drug-likeness (QED) is 0.865. The Morgan fingerprint density at radius 3 is 2.29 bits per heavy atom. The van der Waals surface area contributed by atoms with Gasteiger partial charge in [-0.15, -0.1) is 12.4 Å². The van der Waals surface area contributed by atoms with Crippen LogP contribution < -0.4 is 11.1 Å². The summed E-state index contributed by atoms with van der Waals surface area (Å²) < 4.78 is 27.6. The fraction of sp³-hybridized carbons (Fsp3) is 0.611. The number of carbonyl (C=O) groups excluding carboxylic acids is 1. The number of halogens is 3. The van der Waals surface area contributed by atoms with E-state index in [2.05, 4.69) is 5.32 Å². The smallest absolute Gasteiger partial charge is 0.223 e. The van der Waals surface area contributed by atoms with Crippen LogP contribution in [0.25, 0.3) is 0 Å². The van der Waals surface area contributed by atoms with Crippen LogP contribution in [0.2, 0.25) is 0 Å². The van der Waals surface area contributed by atoms with Gasteiger partial charge in [0.25, 0.3) is 0 Å². The molecule has 3 nitrogen and oxygen atoms in total. The Hall–Kier alpha value is -1.20. The van der Waals surface area contributed by atoms with E-state index in [1.165, 1.54) is 24.6 Å². The number of fused-ring (bicyclic) bond motifs is 2. The van der Waals surface area contributed by atoms with Gasteiger partial charge in [-0.2, -0.15) is 0 Å². The van der Waals surface area contributed by atoms with Crippen LogP contribution in [0, 0.1) is 29.4 Å². The van der Waals surface area contributed by atoms with Crippen LogP contribution in [-0.2, 0) is 4.79 Å². The molecular formula is C18H25ClF2N2O. The van der Waals surface area contributed by atoms with E-state index in [1.54, 1.807) is 6.92 Å². The first kappa shape index (κ1) is 19.1. The minimum absolute atomic E-state index is 0. The van der Waals surface area contributed by atoms with Crippen LogP contribution in [-0.4, -0.2) is 11.9 Å². The van der Waals surface area contributed by atoms with E-state index in [0.717, 1.165) is 25.7 Å². The van der Waals surface area contributed by atoms with Gasteiger partial charge in [0.05, 0.1) is 6.04 Å². The molecule has 6 heteroatoms. The number of hydrogen-bond donors (Lipinski definition) is 2. The summed E-state index contributed by atoms with van der Waals surface area (Å²) >= 11 is 0. The molecule has 0 radical (unpaired) electrons. The van der Waals surface area contributed by atoms with Gasteiger partial charge in [-0.05, 0) is 56.6 Å². The van der Waals surface area contributed by atoms with Gasteiger partial charge in [0.1, 0.15) is 11.6 Å². The molecule has 1 aromatic rings. The fourth-order valence-electron chi connectivity index (χ4n) is 4.33. The van der Waals surface area contributed by atoms with Crippen molar-refractivity contribution in [2.75, 3.05) is 0 Å². The molecule has 2 saturated carbocycles. The third-order valence-corrected chi connectivity index (χ3v) is 5.58. The zero-order valence-corrected chi connectivity index (χ0v) is 14.6. The van der Waals surface area contributed by atoms with Gasteiger partial charge in [-0.1, -0.05) is 12.5 Å². The maximum absolute atomic E-state index is 13.8. The molecule has 3 rings (SSSR count). The molecule has 1 aromatic carbocycles. The van der Waals surface area contributed by atoms with Crippen molar-refractivity contribution < 1.29 is 13.6 Å². The summed E-state index contributed by atoms with van der Waals surface area (Å²) in [6.45, 7) is 1.62. The van der Waals surface area contributed by atoms with Crippen LogP contribution in [0.3, 0.4) is 0 Å². The summed E-state index contributed by atoms with van der Waals surface area (Å²) in [5.41, 5.74) is 6.17. The molecule has 134 valence electrons. The lowest BCUT2D eigenvalue weighted by atomic mass is 9.65. The topological polar surface area (TPSA) is 55.1 Å². The summed E-state index contributed by atoms with van der Waals surface area (Å²) in [6.07, 6.45) is 4.93. The van der Waals surface area contributed by atoms with E-state index >= 15 is 0 Å². The molecule has 0 aromatic heterocycles. The van der Waals surface area contributed by atoms with Crippen molar-refractivity contribution in [3.05, 3.63) is 35.4 Å². The maximum atomic E-state index is 13.8. The van der Waals surface area contributed by atoms with E-state index in [4.69, 9.17) is 5.73 Å². The third kappa shape index (κ3) is 3.72. The molecule has 2 fully saturated rings. The lowest BCUT2D eigenvalue weighted by molar-refractivity contribution is -0.128. The largest absolute Gasteiger partial charge is 0.349 e. The Bertz CT molecular complexity index is 564. The van der Waals surface area contributed by atoms with Gasteiger partial charge in [-0.25, -0.2) is 8.78 Å². The predicted octanol–water partition coefficient (Wildman–Crippen LogP) is 3.72. The van der Waals surface area contributed by atoms with E-state index in [9.17, 15) is 13.6 Å². The van der Waals surface area contributed by atoms with E-state index < -0.39 is 17.7 Å². The van der Waals surface area contributed by atoms with E-state index in [0.29, 0.717) is 11.8 Å². The van der Waals surface area contributed by atoms with Crippen LogP contribution in [0.1, 0.15) is 50.6 Å². The summed E-state index contributed by atoms with van der Waals surface area (Å²) in [5, 5.41) is 2.79. The second kappa shape index (κ2) is 7.79.